The second kappa shape index (κ2) is 6.10. The molecule has 116 valence electrons. The lowest BCUT2D eigenvalue weighted by molar-refractivity contribution is -0.125. The Labute approximate surface area is 125 Å². The lowest BCUT2D eigenvalue weighted by atomic mass is 9.98. The number of hydrogen-bond acceptors (Lipinski definition) is 4. The summed E-state index contributed by atoms with van der Waals surface area (Å²) in [4.78, 5) is 23.4. The molecule has 1 aromatic rings. The summed E-state index contributed by atoms with van der Waals surface area (Å²) >= 11 is 0. The fourth-order valence-electron chi connectivity index (χ4n) is 2.07. The Balaban J connectivity index is 1.91. The fourth-order valence-corrected chi connectivity index (χ4v) is 2.07. The molecule has 0 unspecified atom stereocenters. The largest absolute Gasteiger partial charge is 0.452 e. The van der Waals surface area contributed by atoms with E-state index in [-0.39, 0.29) is 5.92 Å². The highest BCUT2D eigenvalue weighted by Crippen LogP contribution is 2.39. The second-order valence-electron chi connectivity index (χ2n) is 5.34. The highest BCUT2D eigenvalue weighted by atomic mass is 19.1. The summed E-state index contributed by atoms with van der Waals surface area (Å²) in [6.07, 6.45) is 1.70. The van der Waals surface area contributed by atoms with E-state index in [1.807, 2.05) is 6.07 Å². The van der Waals surface area contributed by atoms with Gasteiger partial charge in [-0.15, -0.1) is 0 Å². The molecule has 1 saturated carbocycles. The molecule has 0 radical (unpaired) electrons. The molecule has 1 aromatic carbocycles. The van der Waals surface area contributed by atoms with Gasteiger partial charge in [-0.05, 0) is 37.8 Å². The van der Waals surface area contributed by atoms with Crippen molar-refractivity contribution in [2.45, 2.75) is 25.3 Å². The quantitative estimate of drug-likeness (QED) is 0.843. The zero-order valence-electron chi connectivity index (χ0n) is 11.9. The van der Waals surface area contributed by atoms with E-state index < -0.39 is 41.2 Å². The minimum absolute atomic E-state index is 0.0895. The molecule has 7 heteroatoms. The highest BCUT2D eigenvalue weighted by molar-refractivity contribution is 5.91. The van der Waals surface area contributed by atoms with Crippen LogP contribution in [0.3, 0.4) is 0 Å². The molecule has 1 fully saturated rings. The van der Waals surface area contributed by atoms with Gasteiger partial charge < -0.3 is 10.1 Å². The first-order chi connectivity index (χ1) is 10.4. The maximum atomic E-state index is 13.4. The minimum atomic E-state index is -1.07. The number of nitrogens with one attached hydrogen (secondary N) is 1. The van der Waals surface area contributed by atoms with Crippen LogP contribution in [0.2, 0.25) is 0 Å². The molecule has 1 aliphatic rings. The minimum Gasteiger partial charge on any atom is -0.452 e. The summed E-state index contributed by atoms with van der Waals surface area (Å²) in [5.41, 5.74) is -1.45. The number of ether oxygens (including phenoxy) is 1. The summed E-state index contributed by atoms with van der Waals surface area (Å²) in [5, 5.41) is 11.6. The van der Waals surface area contributed by atoms with Gasteiger partial charge in [-0.1, -0.05) is 0 Å². The lowest BCUT2D eigenvalue weighted by Crippen LogP contribution is -2.48. The van der Waals surface area contributed by atoms with Crippen LogP contribution in [0.5, 0.6) is 0 Å². The average Bonchev–Trinajstić information content (AvgIpc) is 3.29. The Morgan fingerprint density at radius 2 is 2.14 bits per heavy atom. The second-order valence-corrected chi connectivity index (χ2v) is 5.34. The third-order valence-corrected chi connectivity index (χ3v) is 3.51. The van der Waals surface area contributed by atoms with Gasteiger partial charge in [-0.3, -0.25) is 4.79 Å². The number of carbonyl (C=O) groups is 2. The Morgan fingerprint density at radius 3 is 2.68 bits per heavy atom. The third-order valence-electron chi connectivity index (χ3n) is 3.51. The van der Waals surface area contributed by atoms with Crippen molar-refractivity contribution >= 4 is 11.9 Å². The van der Waals surface area contributed by atoms with E-state index >= 15 is 0 Å². The summed E-state index contributed by atoms with van der Waals surface area (Å²) in [7, 11) is 0. The molecule has 0 heterocycles. The van der Waals surface area contributed by atoms with Gasteiger partial charge in [0, 0.05) is 6.07 Å². The summed E-state index contributed by atoms with van der Waals surface area (Å²) in [6, 6.07) is 4.44. The maximum absolute atomic E-state index is 13.4. The molecule has 22 heavy (non-hydrogen) atoms. The Bertz CT molecular complexity index is 653. The number of carbonyl (C=O) groups excluding carboxylic acids is 2. The van der Waals surface area contributed by atoms with E-state index in [9.17, 15) is 18.4 Å². The number of rotatable bonds is 5. The van der Waals surface area contributed by atoms with Crippen molar-refractivity contribution < 1.29 is 23.1 Å². The molecule has 1 atom stereocenters. The van der Waals surface area contributed by atoms with Crippen molar-refractivity contribution in [2.24, 2.45) is 5.92 Å². The lowest BCUT2D eigenvalue weighted by Gasteiger charge is -2.22. The topological polar surface area (TPSA) is 79.2 Å². The first-order valence-electron chi connectivity index (χ1n) is 6.70. The van der Waals surface area contributed by atoms with Gasteiger partial charge in [0.05, 0.1) is 11.6 Å². The van der Waals surface area contributed by atoms with Gasteiger partial charge in [0.1, 0.15) is 17.2 Å². The van der Waals surface area contributed by atoms with E-state index in [1.165, 1.54) is 0 Å². The number of nitrogens with zero attached hydrogens (tertiary/aromatic N) is 1. The monoisotopic (exact) mass is 308 g/mol. The molecule has 1 amide bonds. The predicted molar refractivity (Wildman–Crippen MR) is 71.5 cm³/mol. The van der Waals surface area contributed by atoms with Crippen molar-refractivity contribution in [1.82, 2.24) is 5.32 Å². The van der Waals surface area contributed by atoms with Crippen LogP contribution >= 0.6 is 0 Å². The van der Waals surface area contributed by atoms with Gasteiger partial charge in [0.25, 0.3) is 5.91 Å². The molecule has 0 aromatic heterocycles. The Hall–Kier alpha value is -2.49. The molecule has 1 aliphatic carbocycles. The molecule has 5 nitrogen and oxygen atoms in total. The van der Waals surface area contributed by atoms with E-state index in [0.29, 0.717) is 6.07 Å². The van der Waals surface area contributed by atoms with Crippen LogP contribution in [0, 0.1) is 28.9 Å². The van der Waals surface area contributed by atoms with Crippen LogP contribution in [-0.4, -0.2) is 24.0 Å². The smallest absolute Gasteiger partial charge is 0.341 e. The van der Waals surface area contributed by atoms with Crippen LogP contribution in [0.25, 0.3) is 0 Å². The summed E-state index contributed by atoms with van der Waals surface area (Å²) in [6.45, 7) is 0.962. The van der Waals surface area contributed by atoms with Crippen molar-refractivity contribution in [3.8, 4) is 6.07 Å². The van der Waals surface area contributed by atoms with Gasteiger partial charge in [-0.2, -0.15) is 5.26 Å². The zero-order valence-corrected chi connectivity index (χ0v) is 11.9. The predicted octanol–water partition coefficient (Wildman–Crippen LogP) is 1.93. The van der Waals surface area contributed by atoms with Crippen molar-refractivity contribution in [2.75, 3.05) is 6.61 Å². The number of benzene rings is 1. The number of amides is 1. The first-order valence-corrected chi connectivity index (χ1v) is 6.70. The van der Waals surface area contributed by atoms with Crippen LogP contribution in [-0.2, 0) is 9.53 Å². The van der Waals surface area contributed by atoms with E-state index in [0.717, 1.165) is 25.0 Å². The number of hydrogen-bond donors (Lipinski definition) is 1. The third kappa shape index (κ3) is 3.58. The standard InChI is InChI=1S/C15H14F2N2O3/c1-15(8-18,9-2-3-9)19-13(20)7-22-14(21)11-5-4-10(16)6-12(11)17/h4-6,9H,2-3,7H2,1H3,(H,19,20)/t15-/m1/s1. The van der Waals surface area contributed by atoms with E-state index in [1.54, 1.807) is 6.92 Å². The van der Waals surface area contributed by atoms with Crippen LogP contribution in [0.1, 0.15) is 30.1 Å². The van der Waals surface area contributed by atoms with Gasteiger partial charge in [0.2, 0.25) is 0 Å². The van der Waals surface area contributed by atoms with Gasteiger partial charge >= 0.3 is 5.97 Å². The number of esters is 1. The maximum Gasteiger partial charge on any atom is 0.341 e. The van der Waals surface area contributed by atoms with E-state index in [4.69, 9.17) is 5.26 Å². The van der Waals surface area contributed by atoms with Crippen molar-refractivity contribution in [3.05, 3.63) is 35.4 Å². The Kier molecular flexibility index (Phi) is 4.40. The number of halogens is 2. The van der Waals surface area contributed by atoms with Gasteiger partial charge in [0.15, 0.2) is 6.61 Å². The molecule has 2 rings (SSSR count). The van der Waals surface area contributed by atoms with Crippen LogP contribution in [0.15, 0.2) is 18.2 Å². The van der Waals surface area contributed by atoms with Crippen molar-refractivity contribution in [1.29, 1.82) is 5.26 Å². The SMILES string of the molecule is C[C@](C#N)(NC(=O)COC(=O)c1ccc(F)cc1F)C1CC1. The zero-order chi connectivity index (χ0) is 16.3. The van der Waals surface area contributed by atoms with Crippen LogP contribution < -0.4 is 5.32 Å². The summed E-state index contributed by atoms with van der Waals surface area (Å²) in [5.74, 6) is -3.51. The Morgan fingerprint density at radius 1 is 1.45 bits per heavy atom. The molecule has 0 saturated heterocycles. The molecule has 1 N–H and O–H groups in total. The van der Waals surface area contributed by atoms with Crippen molar-refractivity contribution in [3.63, 3.8) is 0 Å². The summed E-state index contributed by atoms with van der Waals surface area (Å²) < 4.78 is 30.8. The average molecular weight is 308 g/mol. The number of nitriles is 1. The van der Waals surface area contributed by atoms with Crippen LogP contribution in [0.4, 0.5) is 8.78 Å². The molecule has 0 bridgehead atoms. The first kappa shape index (κ1) is 15.9. The molecule has 0 spiro atoms. The normalized spacial score (nSPS) is 16.3. The molecular formula is C15H14F2N2O3. The molecule has 0 aliphatic heterocycles. The van der Waals surface area contributed by atoms with E-state index in [2.05, 4.69) is 10.1 Å². The fraction of sp³-hybridized carbons (Fsp3) is 0.400. The molecular weight excluding hydrogens is 294 g/mol. The van der Waals surface area contributed by atoms with Gasteiger partial charge in [-0.25, -0.2) is 13.6 Å². The highest BCUT2D eigenvalue weighted by Gasteiger charge is 2.43.